The van der Waals surface area contributed by atoms with Crippen LogP contribution in [0.1, 0.15) is 12.0 Å². The molecule has 0 spiro atoms. The molecule has 22 heavy (non-hydrogen) atoms. The summed E-state index contributed by atoms with van der Waals surface area (Å²) in [7, 11) is 1.80. The minimum Gasteiger partial charge on any atom is -0.281 e. The summed E-state index contributed by atoms with van der Waals surface area (Å²) in [4.78, 5) is 20.2. The Morgan fingerprint density at radius 1 is 1.23 bits per heavy atom. The topological polar surface area (TPSA) is 84.7 Å². The first-order valence-corrected chi connectivity index (χ1v) is 6.95. The maximum atomic E-state index is 11.9. The number of hydrogen-bond donors (Lipinski definition) is 2. The van der Waals surface area contributed by atoms with Gasteiger partial charge < -0.3 is 0 Å². The number of carbonyl (C=O) groups excluding carboxylic acids is 1. The average molecular weight is 296 g/mol. The molecule has 0 saturated carbocycles. The van der Waals surface area contributed by atoms with E-state index in [2.05, 4.69) is 25.9 Å². The van der Waals surface area contributed by atoms with Gasteiger partial charge in [0.25, 0.3) is 0 Å². The fourth-order valence-corrected chi connectivity index (χ4v) is 2.16. The Balaban J connectivity index is 1.58. The maximum absolute atomic E-state index is 11.9. The molecule has 3 rings (SSSR count). The van der Waals surface area contributed by atoms with Crippen LogP contribution in [0.4, 0.5) is 5.82 Å². The summed E-state index contributed by atoms with van der Waals surface area (Å²) in [6.45, 7) is 0. The summed E-state index contributed by atoms with van der Waals surface area (Å²) >= 11 is 0. The van der Waals surface area contributed by atoms with Gasteiger partial charge in [-0.05, 0) is 12.0 Å². The van der Waals surface area contributed by atoms with Gasteiger partial charge in [-0.2, -0.15) is 5.10 Å². The molecule has 1 amide bonds. The molecule has 112 valence electrons. The van der Waals surface area contributed by atoms with E-state index >= 15 is 0 Å². The smallest absolute Gasteiger partial charge is 0.238 e. The molecule has 0 radical (unpaired) electrons. The molecule has 2 N–H and O–H groups in total. The van der Waals surface area contributed by atoms with Gasteiger partial charge in [-0.25, -0.2) is 9.97 Å². The standard InChI is InChI=1S/C15H16N6O/c1-21-15-12(9-18-21)14(16-10-17-15)20-19-13(22)8-7-11-5-3-2-4-6-11/h2-6,9-10H,7-8H2,1H3,(H,19,22)(H,16,17,20). The molecule has 7 nitrogen and oxygen atoms in total. The van der Waals surface area contributed by atoms with Crippen molar-refractivity contribution in [3.63, 3.8) is 0 Å². The van der Waals surface area contributed by atoms with Gasteiger partial charge in [0.05, 0.1) is 11.6 Å². The third kappa shape index (κ3) is 3.03. The quantitative estimate of drug-likeness (QED) is 0.696. The molecule has 2 aromatic heterocycles. The summed E-state index contributed by atoms with van der Waals surface area (Å²) in [5.41, 5.74) is 7.33. The average Bonchev–Trinajstić information content (AvgIpc) is 2.94. The largest absolute Gasteiger partial charge is 0.281 e. The Morgan fingerprint density at radius 2 is 2.05 bits per heavy atom. The van der Waals surface area contributed by atoms with Crippen LogP contribution in [-0.4, -0.2) is 25.7 Å². The van der Waals surface area contributed by atoms with E-state index in [-0.39, 0.29) is 5.91 Å². The molecule has 1 aromatic carbocycles. The van der Waals surface area contributed by atoms with Crippen LogP contribution in [-0.2, 0) is 18.3 Å². The molecule has 0 fully saturated rings. The summed E-state index contributed by atoms with van der Waals surface area (Å²) in [5, 5.41) is 4.88. The lowest BCUT2D eigenvalue weighted by Crippen LogP contribution is -2.30. The van der Waals surface area contributed by atoms with E-state index in [1.807, 2.05) is 30.3 Å². The fourth-order valence-electron chi connectivity index (χ4n) is 2.16. The van der Waals surface area contributed by atoms with Crippen molar-refractivity contribution in [2.75, 3.05) is 5.43 Å². The molecule has 0 aliphatic rings. The number of nitrogens with one attached hydrogen (secondary N) is 2. The molecule has 0 atom stereocenters. The van der Waals surface area contributed by atoms with Crippen molar-refractivity contribution >= 4 is 22.8 Å². The van der Waals surface area contributed by atoms with Gasteiger partial charge in [0.2, 0.25) is 5.91 Å². The number of hydrazine groups is 1. The minimum atomic E-state index is -0.0977. The number of benzene rings is 1. The monoisotopic (exact) mass is 296 g/mol. The van der Waals surface area contributed by atoms with Crippen molar-refractivity contribution in [2.45, 2.75) is 12.8 Å². The van der Waals surface area contributed by atoms with Gasteiger partial charge in [-0.15, -0.1) is 0 Å². The van der Waals surface area contributed by atoms with Gasteiger partial charge in [0.15, 0.2) is 11.5 Å². The van der Waals surface area contributed by atoms with Gasteiger partial charge >= 0.3 is 0 Å². The van der Waals surface area contributed by atoms with Crippen molar-refractivity contribution in [1.29, 1.82) is 0 Å². The first-order chi connectivity index (χ1) is 10.7. The molecular formula is C15H16N6O. The number of anilines is 1. The first-order valence-electron chi connectivity index (χ1n) is 6.95. The van der Waals surface area contributed by atoms with Crippen molar-refractivity contribution in [3.8, 4) is 0 Å². The number of hydrogen-bond acceptors (Lipinski definition) is 5. The van der Waals surface area contributed by atoms with E-state index in [4.69, 9.17) is 0 Å². The van der Waals surface area contributed by atoms with Crippen LogP contribution in [0.15, 0.2) is 42.9 Å². The summed E-state index contributed by atoms with van der Waals surface area (Å²) in [5.74, 6) is 0.436. The Labute approximate surface area is 127 Å². The van der Waals surface area contributed by atoms with Crippen molar-refractivity contribution in [2.24, 2.45) is 7.05 Å². The van der Waals surface area contributed by atoms with Crippen LogP contribution in [0.2, 0.25) is 0 Å². The molecule has 7 heteroatoms. The van der Waals surface area contributed by atoms with E-state index < -0.39 is 0 Å². The number of nitrogens with zero attached hydrogens (tertiary/aromatic N) is 4. The zero-order valence-electron chi connectivity index (χ0n) is 12.2. The van der Waals surface area contributed by atoms with Gasteiger partial charge in [-0.1, -0.05) is 30.3 Å². The number of aromatic nitrogens is 4. The number of aryl methyl sites for hydroxylation is 2. The summed E-state index contributed by atoms with van der Waals surface area (Å²) < 4.78 is 1.65. The Bertz CT molecular complexity index is 783. The highest BCUT2D eigenvalue weighted by molar-refractivity contribution is 5.87. The normalized spacial score (nSPS) is 10.6. The fraction of sp³-hybridized carbons (Fsp3) is 0.200. The predicted molar refractivity (Wildman–Crippen MR) is 82.8 cm³/mol. The van der Waals surface area contributed by atoms with Crippen LogP contribution in [0.3, 0.4) is 0 Å². The molecule has 0 bridgehead atoms. The van der Waals surface area contributed by atoms with Crippen LogP contribution in [0.5, 0.6) is 0 Å². The second-order valence-electron chi connectivity index (χ2n) is 4.89. The highest BCUT2D eigenvalue weighted by Crippen LogP contribution is 2.16. The van der Waals surface area contributed by atoms with E-state index in [0.29, 0.717) is 24.3 Å². The molecule has 2 heterocycles. The number of fused-ring (bicyclic) bond motifs is 1. The summed E-state index contributed by atoms with van der Waals surface area (Å²) in [6, 6.07) is 9.89. The Morgan fingerprint density at radius 3 is 2.86 bits per heavy atom. The lowest BCUT2D eigenvalue weighted by Gasteiger charge is -2.08. The van der Waals surface area contributed by atoms with Crippen LogP contribution >= 0.6 is 0 Å². The highest BCUT2D eigenvalue weighted by Gasteiger charge is 2.08. The second kappa shape index (κ2) is 6.21. The SMILES string of the molecule is Cn1ncc2c(NNC(=O)CCc3ccccc3)ncnc21. The van der Waals surface area contributed by atoms with E-state index in [1.165, 1.54) is 6.33 Å². The third-order valence-corrected chi connectivity index (χ3v) is 3.33. The van der Waals surface area contributed by atoms with Crippen LogP contribution in [0.25, 0.3) is 11.0 Å². The lowest BCUT2D eigenvalue weighted by atomic mass is 10.1. The number of carbonyl (C=O) groups is 1. The predicted octanol–water partition coefficient (Wildman–Crippen LogP) is 1.44. The zero-order chi connectivity index (χ0) is 15.4. The van der Waals surface area contributed by atoms with Crippen molar-refractivity contribution in [3.05, 3.63) is 48.4 Å². The van der Waals surface area contributed by atoms with Crippen molar-refractivity contribution in [1.82, 2.24) is 25.2 Å². The second-order valence-corrected chi connectivity index (χ2v) is 4.89. The van der Waals surface area contributed by atoms with E-state index in [1.54, 1.807) is 17.9 Å². The van der Waals surface area contributed by atoms with Crippen LogP contribution < -0.4 is 10.9 Å². The molecular weight excluding hydrogens is 280 g/mol. The molecule has 0 saturated heterocycles. The molecule has 0 unspecified atom stereocenters. The van der Waals surface area contributed by atoms with E-state index in [9.17, 15) is 4.79 Å². The minimum absolute atomic E-state index is 0.0977. The van der Waals surface area contributed by atoms with Gasteiger partial charge in [-0.3, -0.25) is 20.3 Å². The Kier molecular flexibility index (Phi) is 3.95. The molecule has 0 aliphatic heterocycles. The number of amides is 1. The Hall–Kier alpha value is -2.96. The third-order valence-electron chi connectivity index (χ3n) is 3.33. The molecule has 3 aromatic rings. The highest BCUT2D eigenvalue weighted by atomic mass is 16.2. The van der Waals surface area contributed by atoms with Crippen LogP contribution in [0, 0.1) is 0 Å². The first kappa shape index (κ1) is 14.0. The van der Waals surface area contributed by atoms with Gasteiger partial charge in [0, 0.05) is 13.5 Å². The zero-order valence-corrected chi connectivity index (χ0v) is 12.2. The van der Waals surface area contributed by atoms with Crippen molar-refractivity contribution < 1.29 is 4.79 Å². The maximum Gasteiger partial charge on any atom is 0.238 e. The summed E-state index contributed by atoms with van der Waals surface area (Å²) in [6.07, 6.45) is 4.19. The number of rotatable bonds is 5. The molecule has 0 aliphatic carbocycles. The van der Waals surface area contributed by atoms with Gasteiger partial charge in [0.1, 0.15) is 6.33 Å². The lowest BCUT2D eigenvalue weighted by molar-refractivity contribution is -0.120. The van der Waals surface area contributed by atoms with E-state index in [0.717, 1.165) is 10.9 Å².